The van der Waals surface area contributed by atoms with Gasteiger partial charge in [-0.2, -0.15) is 5.10 Å². The van der Waals surface area contributed by atoms with E-state index < -0.39 is 5.91 Å². The Balaban J connectivity index is 2.17. The normalized spacial score (nSPS) is 23.6. The Bertz CT molecular complexity index is 672. The molecule has 3 N–H and O–H groups in total. The molecule has 3 rings (SSSR count). The minimum absolute atomic E-state index is 0.0515. The van der Waals surface area contributed by atoms with Crippen LogP contribution in [0.1, 0.15) is 59.8 Å². The Morgan fingerprint density at radius 3 is 2.65 bits per heavy atom. The Kier molecular flexibility index (Phi) is 2.71. The molecule has 4 heteroatoms. The first-order valence-corrected chi connectivity index (χ1v) is 6.87. The SMILES string of the molecule is CC1c2ccccc2C(C)(C)C1c1cn[nH]c1C(N)=O. The highest BCUT2D eigenvalue weighted by Crippen LogP contribution is 2.55. The van der Waals surface area contributed by atoms with Crippen LogP contribution >= 0.6 is 0 Å². The van der Waals surface area contributed by atoms with Gasteiger partial charge in [-0.25, -0.2) is 0 Å². The number of benzene rings is 1. The van der Waals surface area contributed by atoms with Gasteiger partial charge in [0.1, 0.15) is 5.69 Å². The zero-order valence-corrected chi connectivity index (χ0v) is 12.0. The van der Waals surface area contributed by atoms with Crippen LogP contribution in [-0.4, -0.2) is 16.1 Å². The van der Waals surface area contributed by atoms with Crippen molar-refractivity contribution in [2.24, 2.45) is 5.73 Å². The van der Waals surface area contributed by atoms with Crippen molar-refractivity contribution in [3.8, 4) is 0 Å². The maximum Gasteiger partial charge on any atom is 0.267 e. The lowest BCUT2D eigenvalue weighted by molar-refractivity contribution is 0.0993. The standard InChI is InChI=1S/C16H19N3O/c1-9-10-6-4-5-7-12(10)16(2,3)13(9)11-8-18-19-14(11)15(17)20/h4-9,13H,1-3H3,(H2,17,20)(H,18,19). The average Bonchev–Trinajstić information content (AvgIpc) is 2.93. The second-order valence-corrected chi connectivity index (χ2v) is 6.14. The summed E-state index contributed by atoms with van der Waals surface area (Å²) in [5, 5.41) is 6.77. The van der Waals surface area contributed by atoms with E-state index in [4.69, 9.17) is 5.73 Å². The Morgan fingerprint density at radius 2 is 2.00 bits per heavy atom. The van der Waals surface area contributed by atoms with Crippen molar-refractivity contribution < 1.29 is 4.79 Å². The largest absolute Gasteiger partial charge is 0.364 e. The van der Waals surface area contributed by atoms with Crippen LogP contribution in [0, 0.1) is 0 Å². The molecule has 104 valence electrons. The van der Waals surface area contributed by atoms with E-state index in [1.807, 2.05) is 0 Å². The predicted molar refractivity (Wildman–Crippen MR) is 77.7 cm³/mol. The molecular formula is C16H19N3O. The number of rotatable bonds is 2. The first-order chi connectivity index (χ1) is 9.44. The van der Waals surface area contributed by atoms with Crippen LogP contribution in [-0.2, 0) is 5.41 Å². The molecule has 0 bridgehead atoms. The van der Waals surface area contributed by atoms with Crippen LogP contribution < -0.4 is 5.73 Å². The number of hydrogen-bond acceptors (Lipinski definition) is 2. The lowest BCUT2D eigenvalue weighted by Gasteiger charge is -2.30. The van der Waals surface area contributed by atoms with Crippen LogP contribution in [0.5, 0.6) is 0 Å². The van der Waals surface area contributed by atoms with Crippen molar-refractivity contribution in [1.29, 1.82) is 0 Å². The van der Waals surface area contributed by atoms with Crippen LogP contribution in [0.15, 0.2) is 30.5 Å². The number of carbonyl (C=O) groups excluding carboxylic acids is 1. The number of amides is 1. The molecule has 2 aromatic rings. The number of nitrogens with one attached hydrogen (secondary N) is 1. The zero-order chi connectivity index (χ0) is 14.5. The first-order valence-electron chi connectivity index (χ1n) is 6.87. The lowest BCUT2D eigenvalue weighted by atomic mass is 9.72. The van der Waals surface area contributed by atoms with Gasteiger partial charge < -0.3 is 5.73 Å². The van der Waals surface area contributed by atoms with Crippen molar-refractivity contribution in [3.05, 3.63) is 52.8 Å². The predicted octanol–water partition coefficient (Wildman–Crippen LogP) is 2.69. The second-order valence-electron chi connectivity index (χ2n) is 6.14. The minimum Gasteiger partial charge on any atom is -0.364 e. The van der Waals surface area contributed by atoms with E-state index in [9.17, 15) is 4.79 Å². The summed E-state index contributed by atoms with van der Waals surface area (Å²) >= 11 is 0. The number of nitrogens with zero attached hydrogens (tertiary/aromatic N) is 1. The van der Waals surface area contributed by atoms with Gasteiger partial charge in [-0.15, -0.1) is 0 Å². The molecule has 0 spiro atoms. The smallest absolute Gasteiger partial charge is 0.267 e. The maximum absolute atomic E-state index is 11.6. The third-order valence-electron chi connectivity index (χ3n) is 4.67. The Labute approximate surface area is 118 Å². The first kappa shape index (κ1) is 12.9. The van der Waals surface area contributed by atoms with E-state index in [0.29, 0.717) is 11.6 Å². The molecule has 0 aliphatic heterocycles. The summed E-state index contributed by atoms with van der Waals surface area (Å²) in [7, 11) is 0. The minimum atomic E-state index is -0.448. The molecule has 4 nitrogen and oxygen atoms in total. The van der Waals surface area contributed by atoms with Gasteiger partial charge in [0.2, 0.25) is 0 Å². The van der Waals surface area contributed by atoms with Gasteiger partial charge >= 0.3 is 0 Å². The summed E-state index contributed by atoms with van der Waals surface area (Å²) in [6.45, 7) is 6.64. The van der Waals surface area contributed by atoms with E-state index in [1.165, 1.54) is 11.1 Å². The van der Waals surface area contributed by atoms with Crippen LogP contribution in [0.3, 0.4) is 0 Å². The molecule has 0 saturated heterocycles. The molecule has 0 saturated carbocycles. The highest BCUT2D eigenvalue weighted by Gasteiger charge is 2.46. The summed E-state index contributed by atoms with van der Waals surface area (Å²) in [6.07, 6.45) is 1.74. The quantitative estimate of drug-likeness (QED) is 0.879. The van der Waals surface area contributed by atoms with Crippen molar-refractivity contribution in [2.75, 3.05) is 0 Å². The van der Waals surface area contributed by atoms with E-state index in [-0.39, 0.29) is 11.3 Å². The van der Waals surface area contributed by atoms with Crippen molar-refractivity contribution in [1.82, 2.24) is 10.2 Å². The molecule has 0 fully saturated rings. The summed E-state index contributed by atoms with van der Waals surface area (Å²) in [4.78, 5) is 11.6. The highest BCUT2D eigenvalue weighted by molar-refractivity contribution is 5.92. The van der Waals surface area contributed by atoms with Crippen molar-refractivity contribution >= 4 is 5.91 Å². The molecule has 1 aromatic carbocycles. The third kappa shape index (κ3) is 1.60. The van der Waals surface area contributed by atoms with E-state index in [1.54, 1.807) is 6.20 Å². The highest BCUT2D eigenvalue weighted by atomic mass is 16.1. The number of carbonyl (C=O) groups is 1. The fourth-order valence-electron chi connectivity index (χ4n) is 3.84. The second kappa shape index (κ2) is 4.20. The van der Waals surface area contributed by atoms with E-state index in [2.05, 4.69) is 55.2 Å². The number of aromatic amines is 1. The zero-order valence-electron chi connectivity index (χ0n) is 12.0. The van der Waals surface area contributed by atoms with Gasteiger partial charge in [0.25, 0.3) is 5.91 Å². The number of H-pyrrole nitrogens is 1. The molecule has 2 atom stereocenters. The average molecular weight is 269 g/mol. The molecule has 1 heterocycles. The van der Waals surface area contributed by atoms with E-state index >= 15 is 0 Å². The number of hydrogen-bond donors (Lipinski definition) is 2. The summed E-state index contributed by atoms with van der Waals surface area (Å²) in [5.41, 5.74) is 9.45. The lowest BCUT2D eigenvalue weighted by Crippen LogP contribution is -2.26. The molecule has 1 aromatic heterocycles. The summed E-state index contributed by atoms with van der Waals surface area (Å²) in [5.74, 6) is 0.0782. The van der Waals surface area contributed by atoms with Crippen LogP contribution in [0.4, 0.5) is 0 Å². The van der Waals surface area contributed by atoms with Crippen molar-refractivity contribution in [2.45, 2.75) is 38.0 Å². The number of fused-ring (bicyclic) bond motifs is 1. The van der Waals surface area contributed by atoms with Crippen molar-refractivity contribution in [3.63, 3.8) is 0 Å². The maximum atomic E-state index is 11.6. The third-order valence-corrected chi connectivity index (χ3v) is 4.67. The van der Waals surface area contributed by atoms with Crippen LogP contribution in [0.25, 0.3) is 0 Å². The van der Waals surface area contributed by atoms with Crippen LogP contribution in [0.2, 0.25) is 0 Å². The van der Waals surface area contributed by atoms with Gasteiger partial charge in [0, 0.05) is 11.5 Å². The Morgan fingerprint density at radius 1 is 1.30 bits per heavy atom. The fourth-order valence-corrected chi connectivity index (χ4v) is 3.84. The molecular weight excluding hydrogens is 250 g/mol. The molecule has 20 heavy (non-hydrogen) atoms. The monoisotopic (exact) mass is 269 g/mol. The fraction of sp³-hybridized carbons (Fsp3) is 0.375. The molecule has 1 aliphatic rings. The summed E-state index contributed by atoms with van der Waals surface area (Å²) < 4.78 is 0. The molecule has 1 aliphatic carbocycles. The molecule has 0 radical (unpaired) electrons. The number of nitrogens with two attached hydrogens (primary N) is 1. The Hall–Kier alpha value is -2.10. The molecule has 2 unspecified atom stereocenters. The van der Waals surface area contributed by atoms with Gasteiger partial charge in [-0.05, 0) is 22.5 Å². The van der Waals surface area contributed by atoms with Gasteiger partial charge in [-0.3, -0.25) is 9.89 Å². The van der Waals surface area contributed by atoms with Gasteiger partial charge in [0.15, 0.2) is 0 Å². The van der Waals surface area contributed by atoms with E-state index in [0.717, 1.165) is 5.56 Å². The topological polar surface area (TPSA) is 71.8 Å². The number of primary amides is 1. The molecule has 1 amide bonds. The summed E-state index contributed by atoms with van der Waals surface area (Å²) in [6, 6.07) is 8.49. The van der Waals surface area contributed by atoms with Gasteiger partial charge in [-0.1, -0.05) is 45.0 Å². The number of aromatic nitrogens is 2. The van der Waals surface area contributed by atoms with Gasteiger partial charge in [0.05, 0.1) is 6.20 Å².